The van der Waals surface area contributed by atoms with Crippen LogP contribution in [0.2, 0.25) is 5.02 Å². The van der Waals surface area contributed by atoms with Crippen LogP contribution in [-0.4, -0.2) is 5.97 Å². The first-order chi connectivity index (χ1) is 8.69. The Balaban J connectivity index is 2.61. The van der Waals surface area contributed by atoms with E-state index in [1.165, 1.54) is 18.2 Å². The third-order valence-corrected chi connectivity index (χ3v) is 2.91. The lowest BCUT2D eigenvalue weighted by Gasteiger charge is -2.22. The molecule has 0 spiro atoms. The minimum atomic E-state index is -0.621. The average Bonchev–Trinajstić information content (AvgIpc) is 2.20. The molecule has 0 amide bonds. The molecule has 0 aliphatic heterocycles. The summed E-state index contributed by atoms with van der Waals surface area (Å²) in [6.07, 6.45) is 1.15. The fraction of sp³-hybridized carbons (Fsp3) is 0.533. The van der Waals surface area contributed by atoms with E-state index in [-0.39, 0.29) is 28.5 Å². The number of carbonyl (C=O) groups is 1. The number of hydrogen-bond acceptors (Lipinski definition) is 2. The van der Waals surface area contributed by atoms with Crippen LogP contribution in [0, 0.1) is 17.2 Å². The van der Waals surface area contributed by atoms with Crippen LogP contribution in [0.3, 0.4) is 0 Å². The zero-order valence-corrected chi connectivity index (χ0v) is 12.6. The van der Waals surface area contributed by atoms with Crippen molar-refractivity contribution in [2.24, 2.45) is 11.3 Å². The monoisotopic (exact) mass is 286 g/mol. The lowest BCUT2D eigenvalue weighted by molar-refractivity contribution is -0.135. The Morgan fingerprint density at radius 2 is 2.05 bits per heavy atom. The quantitative estimate of drug-likeness (QED) is 0.584. The predicted octanol–water partition coefficient (Wildman–Crippen LogP) is 4.85. The Labute approximate surface area is 118 Å². The van der Waals surface area contributed by atoms with E-state index in [0.717, 1.165) is 6.42 Å². The summed E-state index contributed by atoms with van der Waals surface area (Å²) in [4.78, 5) is 11.8. The van der Waals surface area contributed by atoms with Gasteiger partial charge in [-0.15, -0.1) is 0 Å². The molecule has 1 aromatic rings. The summed E-state index contributed by atoms with van der Waals surface area (Å²) in [5.41, 5.74) is 0.148. The molecule has 0 aromatic heterocycles. The van der Waals surface area contributed by atoms with Crippen molar-refractivity contribution in [3.8, 4) is 5.75 Å². The molecule has 0 fully saturated rings. The number of esters is 1. The minimum Gasteiger partial charge on any atom is -0.422 e. The molecule has 0 saturated heterocycles. The molecular formula is C15H20ClFO2. The molecule has 106 valence electrons. The van der Waals surface area contributed by atoms with Gasteiger partial charge in [0, 0.05) is 6.42 Å². The maximum Gasteiger partial charge on any atom is 0.311 e. The summed E-state index contributed by atoms with van der Waals surface area (Å²) < 4.78 is 18.5. The largest absolute Gasteiger partial charge is 0.422 e. The molecule has 1 unspecified atom stereocenters. The molecule has 1 atom stereocenters. The van der Waals surface area contributed by atoms with E-state index in [9.17, 15) is 9.18 Å². The highest BCUT2D eigenvalue weighted by Crippen LogP contribution is 2.29. The van der Waals surface area contributed by atoms with Crippen LogP contribution < -0.4 is 4.74 Å². The Kier molecular flexibility index (Phi) is 5.36. The van der Waals surface area contributed by atoms with Crippen LogP contribution in [0.5, 0.6) is 5.75 Å². The number of ether oxygens (including phenoxy) is 1. The van der Waals surface area contributed by atoms with Gasteiger partial charge in [-0.05, 0) is 29.9 Å². The summed E-state index contributed by atoms with van der Waals surface area (Å²) in [6.45, 7) is 8.32. The smallest absolute Gasteiger partial charge is 0.311 e. The van der Waals surface area contributed by atoms with E-state index in [2.05, 4.69) is 20.8 Å². The number of benzene rings is 1. The molecule has 0 aliphatic rings. The van der Waals surface area contributed by atoms with E-state index < -0.39 is 11.8 Å². The first-order valence-electron chi connectivity index (χ1n) is 6.34. The van der Waals surface area contributed by atoms with Crippen LogP contribution >= 0.6 is 11.6 Å². The first-order valence-corrected chi connectivity index (χ1v) is 6.71. The van der Waals surface area contributed by atoms with Crippen LogP contribution in [0.15, 0.2) is 18.2 Å². The third-order valence-electron chi connectivity index (χ3n) is 2.61. The van der Waals surface area contributed by atoms with Crippen molar-refractivity contribution < 1.29 is 13.9 Å². The molecule has 1 rings (SSSR count). The maximum absolute atomic E-state index is 13.5. The normalized spacial score (nSPS) is 13.2. The topological polar surface area (TPSA) is 26.3 Å². The van der Waals surface area contributed by atoms with Gasteiger partial charge in [-0.2, -0.15) is 0 Å². The molecule has 0 bridgehead atoms. The molecular weight excluding hydrogens is 267 g/mol. The van der Waals surface area contributed by atoms with Gasteiger partial charge in [-0.3, -0.25) is 4.79 Å². The van der Waals surface area contributed by atoms with Gasteiger partial charge in [-0.25, -0.2) is 4.39 Å². The average molecular weight is 287 g/mol. The molecule has 0 saturated carbocycles. The summed E-state index contributed by atoms with van der Waals surface area (Å²) >= 11 is 5.80. The fourth-order valence-electron chi connectivity index (χ4n) is 2.14. The van der Waals surface area contributed by atoms with Gasteiger partial charge in [0.15, 0.2) is 11.6 Å². The maximum atomic E-state index is 13.5. The van der Waals surface area contributed by atoms with E-state index in [0.29, 0.717) is 0 Å². The third kappa shape index (κ3) is 5.60. The second-order valence-electron chi connectivity index (χ2n) is 6.10. The standard InChI is InChI=1S/C15H20ClFO2/c1-10(9-15(2,3)4)8-13(18)19-14-11(16)6-5-7-12(14)17/h5-7,10H,8-9H2,1-4H3. The second kappa shape index (κ2) is 6.38. The second-order valence-corrected chi connectivity index (χ2v) is 6.51. The zero-order valence-electron chi connectivity index (χ0n) is 11.8. The number of halogens is 2. The van der Waals surface area contributed by atoms with Crippen molar-refractivity contribution in [1.29, 1.82) is 0 Å². The van der Waals surface area contributed by atoms with Gasteiger partial charge in [0.2, 0.25) is 0 Å². The summed E-state index contributed by atoms with van der Waals surface area (Å²) in [7, 11) is 0. The molecule has 0 aliphatic carbocycles. The van der Waals surface area contributed by atoms with E-state index in [4.69, 9.17) is 16.3 Å². The van der Waals surface area contributed by atoms with Crippen molar-refractivity contribution in [3.05, 3.63) is 29.0 Å². The predicted molar refractivity (Wildman–Crippen MR) is 74.9 cm³/mol. The molecule has 0 N–H and O–H groups in total. The van der Waals surface area contributed by atoms with Gasteiger partial charge < -0.3 is 4.74 Å². The minimum absolute atomic E-state index is 0.108. The molecule has 19 heavy (non-hydrogen) atoms. The highest BCUT2D eigenvalue weighted by Gasteiger charge is 2.20. The van der Waals surface area contributed by atoms with Crippen LogP contribution in [0.4, 0.5) is 4.39 Å². The number of para-hydroxylation sites is 1. The van der Waals surface area contributed by atoms with E-state index in [1.807, 2.05) is 6.92 Å². The van der Waals surface area contributed by atoms with E-state index >= 15 is 0 Å². The Bertz CT molecular complexity index is 432. The van der Waals surface area contributed by atoms with Gasteiger partial charge in [-0.1, -0.05) is 45.4 Å². The SMILES string of the molecule is CC(CC(=O)Oc1c(F)cccc1Cl)CC(C)(C)C. The number of rotatable bonds is 4. The highest BCUT2D eigenvalue weighted by molar-refractivity contribution is 6.32. The Morgan fingerprint density at radius 1 is 1.42 bits per heavy atom. The van der Waals surface area contributed by atoms with Crippen LogP contribution in [-0.2, 0) is 4.79 Å². The molecule has 1 aromatic carbocycles. The molecule has 0 radical (unpaired) electrons. The lowest BCUT2D eigenvalue weighted by atomic mass is 9.84. The summed E-state index contributed by atoms with van der Waals surface area (Å²) in [6, 6.07) is 4.18. The Hall–Kier alpha value is -1.09. The van der Waals surface area contributed by atoms with Crippen molar-refractivity contribution in [2.75, 3.05) is 0 Å². The summed E-state index contributed by atoms with van der Waals surface area (Å²) in [5.74, 6) is -1.08. The van der Waals surface area contributed by atoms with Gasteiger partial charge in [0.1, 0.15) is 0 Å². The first kappa shape index (κ1) is 16.0. The van der Waals surface area contributed by atoms with E-state index in [1.54, 1.807) is 0 Å². The zero-order chi connectivity index (χ0) is 14.6. The lowest BCUT2D eigenvalue weighted by Crippen LogP contribution is -2.17. The van der Waals surface area contributed by atoms with Crippen LogP contribution in [0.1, 0.15) is 40.5 Å². The van der Waals surface area contributed by atoms with Crippen molar-refractivity contribution >= 4 is 17.6 Å². The molecule has 2 nitrogen and oxygen atoms in total. The van der Waals surface area contributed by atoms with Crippen molar-refractivity contribution in [2.45, 2.75) is 40.5 Å². The van der Waals surface area contributed by atoms with Gasteiger partial charge >= 0.3 is 5.97 Å². The van der Waals surface area contributed by atoms with Gasteiger partial charge in [0.05, 0.1) is 5.02 Å². The fourth-order valence-corrected chi connectivity index (χ4v) is 2.34. The molecule has 4 heteroatoms. The van der Waals surface area contributed by atoms with Crippen molar-refractivity contribution in [3.63, 3.8) is 0 Å². The Morgan fingerprint density at radius 3 is 2.58 bits per heavy atom. The number of hydrogen-bond donors (Lipinski definition) is 0. The summed E-state index contributed by atoms with van der Waals surface area (Å²) in [5, 5.41) is 0.108. The molecule has 0 heterocycles. The van der Waals surface area contributed by atoms with Crippen molar-refractivity contribution in [1.82, 2.24) is 0 Å². The highest BCUT2D eigenvalue weighted by atomic mass is 35.5. The number of carbonyl (C=O) groups excluding carboxylic acids is 1. The van der Waals surface area contributed by atoms with Gasteiger partial charge in [0.25, 0.3) is 0 Å². The van der Waals surface area contributed by atoms with Crippen LogP contribution in [0.25, 0.3) is 0 Å².